The lowest BCUT2D eigenvalue weighted by molar-refractivity contribution is -0.118. The molecule has 1 aliphatic rings. The van der Waals surface area contributed by atoms with Gasteiger partial charge >= 0.3 is 0 Å². The van der Waals surface area contributed by atoms with Crippen molar-refractivity contribution in [3.63, 3.8) is 0 Å². The number of amides is 1. The molecule has 0 bridgehead atoms. The van der Waals surface area contributed by atoms with Crippen LogP contribution < -0.4 is 5.32 Å². The molecule has 0 saturated heterocycles. The molecule has 3 nitrogen and oxygen atoms in total. The molecule has 0 unspecified atom stereocenters. The van der Waals surface area contributed by atoms with Gasteiger partial charge in [0, 0.05) is 16.1 Å². The average Bonchev–Trinajstić information content (AvgIpc) is 2.49. The van der Waals surface area contributed by atoms with E-state index in [4.69, 9.17) is 23.2 Å². The first-order valence-corrected chi connectivity index (χ1v) is 8.14. The van der Waals surface area contributed by atoms with Crippen molar-refractivity contribution in [3.8, 4) is 6.07 Å². The normalized spacial score (nSPS) is 22.0. The summed E-state index contributed by atoms with van der Waals surface area (Å²) in [6.45, 7) is 2.13. The maximum Gasteiger partial charge on any atom is 0.262 e. The molecule has 22 heavy (non-hydrogen) atoms. The molecule has 1 N–H and O–H groups in total. The fraction of sp³-hybridized carbons (Fsp3) is 0.412. The van der Waals surface area contributed by atoms with Crippen LogP contribution in [0.15, 0.2) is 23.8 Å². The summed E-state index contributed by atoms with van der Waals surface area (Å²) in [5, 5.41) is 13.2. The Kier molecular flexibility index (Phi) is 5.88. The van der Waals surface area contributed by atoms with E-state index in [1.54, 1.807) is 18.2 Å². The van der Waals surface area contributed by atoms with Gasteiger partial charge < -0.3 is 5.32 Å². The van der Waals surface area contributed by atoms with E-state index in [0.29, 0.717) is 21.5 Å². The number of halogens is 2. The van der Waals surface area contributed by atoms with E-state index < -0.39 is 0 Å². The lowest BCUT2D eigenvalue weighted by atomic mass is 9.86. The van der Waals surface area contributed by atoms with E-state index in [0.717, 1.165) is 19.3 Å². The zero-order chi connectivity index (χ0) is 16.1. The third-order valence-electron chi connectivity index (χ3n) is 4.06. The van der Waals surface area contributed by atoms with Crippen molar-refractivity contribution < 1.29 is 4.79 Å². The standard InChI is InChI=1S/C17H18Cl2N2O/c1-11-4-2-3-5-16(11)21-17(22)13(10-20)8-12-6-7-14(18)9-15(12)19/h6-9,11,16H,2-5H2,1H3,(H,21,22)/b13-8+/t11-,16-/m0/s1. The first kappa shape index (κ1) is 16.9. The fourth-order valence-electron chi connectivity index (χ4n) is 2.70. The molecule has 1 aliphatic carbocycles. The highest BCUT2D eigenvalue weighted by Gasteiger charge is 2.24. The van der Waals surface area contributed by atoms with Crippen LogP contribution in [0.2, 0.25) is 10.0 Å². The molecule has 1 amide bonds. The molecule has 2 atom stereocenters. The minimum Gasteiger partial charge on any atom is -0.348 e. The van der Waals surface area contributed by atoms with E-state index in [1.165, 1.54) is 12.5 Å². The van der Waals surface area contributed by atoms with Crippen molar-refractivity contribution in [2.75, 3.05) is 0 Å². The van der Waals surface area contributed by atoms with Crippen molar-refractivity contribution in [3.05, 3.63) is 39.4 Å². The van der Waals surface area contributed by atoms with Gasteiger partial charge in [-0.05, 0) is 42.5 Å². The number of hydrogen-bond acceptors (Lipinski definition) is 2. The number of rotatable bonds is 3. The van der Waals surface area contributed by atoms with E-state index in [2.05, 4.69) is 12.2 Å². The van der Waals surface area contributed by atoms with Gasteiger partial charge in [-0.3, -0.25) is 4.79 Å². The SMILES string of the molecule is C[C@H]1CCCC[C@@H]1NC(=O)/C(C#N)=C/c1ccc(Cl)cc1Cl. The van der Waals surface area contributed by atoms with E-state index in [9.17, 15) is 10.1 Å². The van der Waals surface area contributed by atoms with Crippen LogP contribution in [0.25, 0.3) is 6.08 Å². The molecule has 0 heterocycles. The molecule has 1 saturated carbocycles. The fourth-order valence-corrected chi connectivity index (χ4v) is 3.16. The Morgan fingerprint density at radius 2 is 2.09 bits per heavy atom. The predicted molar refractivity (Wildman–Crippen MR) is 89.6 cm³/mol. The molecule has 1 aromatic carbocycles. The molecule has 0 radical (unpaired) electrons. The van der Waals surface area contributed by atoms with Gasteiger partial charge in [0.2, 0.25) is 0 Å². The Hall–Kier alpha value is -1.50. The number of benzene rings is 1. The summed E-state index contributed by atoms with van der Waals surface area (Å²) in [4.78, 5) is 12.3. The molecule has 116 valence electrons. The van der Waals surface area contributed by atoms with Crippen LogP contribution in [-0.4, -0.2) is 11.9 Å². The summed E-state index contributed by atoms with van der Waals surface area (Å²) in [6, 6.07) is 7.05. The van der Waals surface area contributed by atoms with Crippen LogP contribution in [0.1, 0.15) is 38.2 Å². The number of hydrogen-bond donors (Lipinski definition) is 1. The summed E-state index contributed by atoms with van der Waals surface area (Å²) in [5.41, 5.74) is 0.663. The van der Waals surface area contributed by atoms with E-state index in [1.807, 2.05) is 6.07 Å². The average molecular weight is 337 g/mol. The molecular formula is C17H18Cl2N2O. The largest absolute Gasteiger partial charge is 0.348 e. The molecule has 0 aliphatic heterocycles. The first-order valence-electron chi connectivity index (χ1n) is 7.39. The van der Waals surface area contributed by atoms with E-state index >= 15 is 0 Å². The quantitative estimate of drug-likeness (QED) is 0.648. The van der Waals surface area contributed by atoms with Crippen molar-refractivity contribution in [2.24, 2.45) is 5.92 Å². The second-order valence-corrected chi connectivity index (χ2v) is 6.52. The van der Waals surface area contributed by atoms with Gasteiger partial charge in [-0.2, -0.15) is 5.26 Å². The zero-order valence-electron chi connectivity index (χ0n) is 12.4. The van der Waals surface area contributed by atoms with Gasteiger partial charge in [0.1, 0.15) is 11.6 Å². The highest BCUT2D eigenvalue weighted by Crippen LogP contribution is 2.25. The molecular weight excluding hydrogens is 319 g/mol. The number of nitrogens with one attached hydrogen (secondary N) is 1. The lowest BCUT2D eigenvalue weighted by Crippen LogP contribution is -2.41. The van der Waals surface area contributed by atoms with Crippen LogP contribution in [0.3, 0.4) is 0 Å². The monoisotopic (exact) mass is 336 g/mol. The smallest absolute Gasteiger partial charge is 0.262 e. The number of carbonyl (C=O) groups excluding carboxylic acids is 1. The van der Waals surface area contributed by atoms with Gasteiger partial charge in [-0.25, -0.2) is 0 Å². The number of carbonyl (C=O) groups is 1. The van der Waals surface area contributed by atoms with Crippen LogP contribution in [-0.2, 0) is 4.79 Å². The predicted octanol–water partition coefficient (Wildman–Crippen LogP) is 4.60. The zero-order valence-corrected chi connectivity index (χ0v) is 13.9. The van der Waals surface area contributed by atoms with Gasteiger partial charge in [0.15, 0.2) is 0 Å². The third kappa shape index (κ3) is 4.25. The molecule has 0 aromatic heterocycles. The highest BCUT2D eigenvalue weighted by molar-refractivity contribution is 6.35. The van der Waals surface area contributed by atoms with Crippen LogP contribution >= 0.6 is 23.2 Å². The van der Waals surface area contributed by atoms with Crippen molar-refractivity contribution >= 4 is 35.2 Å². The maximum atomic E-state index is 12.3. The molecule has 5 heteroatoms. The highest BCUT2D eigenvalue weighted by atomic mass is 35.5. The Balaban J connectivity index is 2.15. The van der Waals surface area contributed by atoms with Gasteiger partial charge in [0.25, 0.3) is 5.91 Å². The van der Waals surface area contributed by atoms with E-state index in [-0.39, 0.29) is 17.5 Å². The van der Waals surface area contributed by atoms with Gasteiger partial charge in [0.05, 0.1) is 0 Å². The number of nitriles is 1. The molecule has 0 spiro atoms. The summed E-state index contributed by atoms with van der Waals surface area (Å²) in [5.74, 6) is 0.101. The van der Waals surface area contributed by atoms with Crippen LogP contribution in [0, 0.1) is 17.2 Å². The Morgan fingerprint density at radius 3 is 2.73 bits per heavy atom. The van der Waals surface area contributed by atoms with Gasteiger partial charge in [-0.15, -0.1) is 0 Å². The summed E-state index contributed by atoms with van der Waals surface area (Å²) in [6.07, 6.45) is 5.90. The second-order valence-electron chi connectivity index (χ2n) is 5.68. The van der Waals surface area contributed by atoms with Crippen molar-refractivity contribution in [2.45, 2.75) is 38.6 Å². The minimum atomic E-state index is -0.340. The van der Waals surface area contributed by atoms with Crippen LogP contribution in [0.4, 0.5) is 0 Å². The molecule has 1 fully saturated rings. The lowest BCUT2D eigenvalue weighted by Gasteiger charge is -2.29. The first-order chi connectivity index (χ1) is 10.5. The summed E-state index contributed by atoms with van der Waals surface area (Å²) >= 11 is 11.9. The van der Waals surface area contributed by atoms with Crippen LogP contribution in [0.5, 0.6) is 0 Å². The summed E-state index contributed by atoms with van der Waals surface area (Å²) in [7, 11) is 0. The topological polar surface area (TPSA) is 52.9 Å². The van der Waals surface area contributed by atoms with Gasteiger partial charge in [-0.1, -0.05) is 49.0 Å². The second kappa shape index (κ2) is 7.67. The molecule has 2 rings (SSSR count). The maximum absolute atomic E-state index is 12.3. The Morgan fingerprint density at radius 1 is 1.36 bits per heavy atom. The Bertz CT molecular complexity index is 634. The summed E-state index contributed by atoms with van der Waals surface area (Å²) < 4.78 is 0. The number of nitrogens with zero attached hydrogens (tertiary/aromatic N) is 1. The molecule has 1 aromatic rings. The Labute approximate surface area is 140 Å². The third-order valence-corrected chi connectivity index (χ3v) is 4.62. The van der Waals surface area contributed by atoms with Crippen molar-refractivity contribution in [1.82, 2.24) is 5.32 Å². The van der Waals surface area contributed by atoms with Crippen molar-refractivity contribution in [1.29, 1.82) is 5.26 Å². The minimum absolute atomic E-state index is 0.0574.